The zero-order chi connectivity index (χ0) is 12.5. The predicted molar refractivity (Wildman–Crippen MR) is 71.3 cm³/mol. The first-order chi connectivity index (χ1) is 8.75. The van der Waals surface area contributed by atoms with E-state index in [-0.39, 0.29) is 0 Å². The fourth-order valence-corrected chi connectivity index (χ4v) is 3.15. The lowest BCUT2D eigenvalue weighted by atomic mass is 9.88. The zero-order valence-corrected chi connectivity index (χ0v) is 11.0. The molecule has 2 heterocycles. The highest BCUT2D eigenvalue weighted by molar-refractivity contribution is 5.54. The maximum atomic E-state index is 10.3. The summed E-state index contributed by atoms with van der Waals surface area (Å²) in [4.78, 5) is 0. The van der Waals surface area contributed by atoms with Crippen LogP contribution in [0.3, 0.4) is 0 Å². The third-order valence-corrected chi connectivity index (χ3v) is 4.17. The molecule has 0 aromatic heterocycles. The number of phenols is 1. The molecule has 0 spiro atoms. The van der Waals surface area contributed by atoms with Gasteiger partial charge in [0.1, 0.15) is 11.5 Å². The van der Waals surface area contributed by atoms with E-state index >= 15 is 0 Å². The van der Waals surface area contributed by atoms with Crippen LogP contribution in [-0.2, 0) is 12.8 Å². The Morgan fingerprint density at radius 1 is 1.50 bits per heavy atom. The molecule has 18 heavy (non-hydrogen) atoms. The monoisotopic (exact) mass is 247 g/mol. The van der Waals surface area contributed by atoms with Crippen LogP contribution in [0.4, 0.5) is 0 Å². The van der Waals surface area contributed by atoms with Crippen molar-refractivity contribution in [1.29, 1.82) is 0 Å². The number of rotatable bonds is 2. The predicted octanol–water partition coefficient (Wildman–Crippen LogP) is 2.18. The van der Waals surface area contributed by atoms with Gasteiger partial charge in [-0.3, -0.25) is 0 Å². The second kappa shape index (κ2) is 4.81. The van der Waals surface area contributed by atoms with Gasteiger partial charge in [-0.25, -0.2) is 0 Å². The minimum Gasteiger partial charge on any atom is -0.507 e. The van der Waals surface area contributed by atoms with Crippen LogP contribution in [0.15, 0.2) is 6.07 Å². The lowest BCUT2D eigenvalue weighted by Crippen LogP contribution is -2.31. The van der Waals surface area contributed by atoms with E-state index in [1.54, 1.807) is 0 Å². The number of piperidine rings is 1. The van der Waals surface area contributed by atoms with E-state index < -0.39 is 0 Å². The van der Waals surface area contributed by atoms with Gasteiger partial charge < -0.3 is 15.2 Å². The van der Waals surface area contributed by atoms with Crippen LogP contribution in [0, 0.1) is 12.8 Å². The number of aryl methyl sites for hydroxylation is 1. The molecule has 0 aliphatic carbocycles. The maximum Gasteiger partial charge on any atom is 0.123 e. The van der Waals surface area contributed by atoms with Crippen LogP contribution in [-0.4, -0.2) is 24.8 Å². The molecule has 2 aliphatic heterocycles. The summed E-state index contributed by atoms with van der Waals surface area (Å²) in [6.07, 6.45) is 4.43. The van der Waals surface area contributed by atoms with Crippen molar-refractivity contribution in [2.24, 2.45) is 5.92 Å². The fraction of sp³-hybridized carbons (Fsp3) is 0.600. The molecule has 0 radical (unpaired) electrons. The highest BCUT2D eigenvalue weighted by Gasteiger charge is 2.24. The van der Waals surface area contributed by atoms with Crippen molar-refractivity contribution in [3.63, 3.8) is 0 Å². The lowest BCUT2D eigenvalue weighted by molar-refractivity contribution is 0.356. The number of aromatic hydroxyl groups is 1. The van der Waals surface area contributed by atoms with Crippen LogP contribution >= 0.6 is 0 Å². The third-order valence-electron chi connectivity index (χ3n) is 4.17. The standard InChI is InChI=1S/C15H21NO2/c1-10-7-14-12(4-6-18-14)13(15(10)17)8-11-3-2-5-16-9-11/h7,11,16-17H,2-6,8-9H2,1H3. The molecule has 1 saturated heterocycles. The van der Waals surface area contributed by atoms with Gasteiger partial charge in [-0.2, -0.15) is 0 Å². The summed E-state index contributed by atoms with van der Waals surface area (Å²) < 4.78 is 5.64. The van der Waals surface area contributed by atoms with Crippen molar-refractivity contribution in [1.82, 2.24) is 5.32 Å². The van der Waals surface area contributed by atoms with E-state index in [2.05, 4.69) is 5.32 Å². The van der Waals surface area contributed by atoms with Crippen molar-refractivity contribution in [2.45, 2.75) is 32.6 Å². The van der Waals surface area contributed by atoms with Gasteiger partial charge in [0.05, 0.1) is 6.61 Å². The summed E-state index contributed by atoms with van der Waals surface area (Å²) in [6.45, 7) is 4.93. The van der Waals surface area contributed by atoms with Crippen molar-refractivity contribution >= 4 is 0 Å². The molecule has 0 saturated carbocycles. The molecule has 3 rings (SSSR count). The molecule has 1 atom stereocenters. The molecule has 1 aromatic carbocycles. The molecule has 0 amide bonds. The molecular formula is C15H21NO2. The van der Waals surface area contributed by atoms with E-state index in [1.165, 1.54) is 18.4 Å². The van der Waals surface area contributed by atoms with Gasteiger partial charge in [0, 0.05) is 17.5 Å². The second-order valence-electron chi connectivity index (χ2n) is 5.51. The summed E-state index contributed by atoms with van der Waals surface area (Å²) >= 11 is 0. The molecule has 1 aromatic rings. The van der Waals surface area contributed by atoms with Crippen molar-refractivity contribution in [2.75, 3.05) is 19.7 Å². The summed E-state index contributed by atoms with van der Waals surface area (Å²) in [5.41, 5.74) is 3.31. The van der Waals surface area contributed by atoms with Gasteiger partial charge in [0.25, 0.3) is 0 Å². The lowest BCUT2D eigenvalue weighted by Gasteiger charge is -2.24. The summed E-state index contributed by atoms with van der Waals surface area (Å²) in [5.74, 6) is 2.13. The van der Waals surface area contributed by atoms with E-state index in [1.807, 2.05) is 13.0 Å². The smallest absolute Gasteiger partial charge is 0.123 e. The average Bonchev–Trinajstić information content (AvgIpc) is 2.84. The van der Waals surface area contributed by atoms with Crippen molar-refractivity contribution < 1.29 is 9.84 Å². The first kappa shape index (κ1) is 11.8. The Labute approximate surface area is 108 Å². The number of hydrogen-bond donors (Lipinski definition) is 2. The number of ether oxygens (including phenoxy) is 1. The first-order valence-corrected chi connectivity index (χ1v) is 6.93. The minimum absolute atomic E-state index is 0.491. The quantitative estimate of drug-likeness (QED) is 0.841. The Hall–Kier alpha value is -1.22. The van der Waals surface area contributed by atoms with Gasteiger partial charge in [-0.05, 0) is 56.8 Å². The summed E-state index contributed by atoms with van der Waals surface area (Å²) in [6, 6.07) is 1.97. The minimum atomic E-state index is 0.491. The highest BCUT2D eigenvalue weighted by Crippen LogP contribution is 2.38. The van der Waals surface area contributed by atoms with Crippen LogP contribution in [0.5, 0.6) is 11.5 Å². The average molecular weight is 247 g/mol. The molecule has 2 N–H and O–H groups in total. The normalized spacial score (nSPS) is 22.6. The Morgan fingerprint density at radius 3 is 3.17 bits per heavy atom. The van der Waals surface area contributed by atoms with Crippen LogP contribution < -0.4 is 10.1 Å². The molecule has 98 valence electrons. The van der Waals surface area contributed by atoms with Crippen LogP contribution in [0.1, 0.15) is 29.5 Å². The molecule has 2 aliphatic rings. The number of phenolic OH excluding ortho intramolecular Hbond substituents is 1. The van der Waals surface area contributed by atoms with E-state index in [9.17, 15) is 5.11 Å². The molecule has 3 nitrogen and oxygen atoms in total. The Morgan fingerprint density at radius 2 is 2.39 bits per heavy atom. The van der Waals surface area contributed by atoms with Gasteiger partial charge >= 0.3 is 0 Å². The Balaban J connectivity index is 1.90. The molecular weight excluding hydrogens is 226 g/mol. The molecule has 0 bridgehead atoms. The number of nitrogens with one attached hydrogen (secondary N) is 1. The Bertz CT molecular complexity index is 450. The number of hydrogen-bond acceptors (Lipinski definition) is 3. The maximum absolute atomic E-state index is 10.3. The van der Waals surface area contributed by atoms with Crippen LogP contribution in [0.25, 0.3) is 0 Å². The largest absolute Gasteiger partial charge is 0.507 e. The zero-order valence-electron chi connectivity index (χ0n) is 11.0. The van der Waals surface area contributed by atoms with Gasteiger partial charge in [0.15, 0.2) is 0 Å². The second-order valence-corrected chi connectivity index (χ2v) is 5.51. The molecule has 3 heteroatoms. The first-order valence-electron chi connectivity index (χ1n) is 6.93. The van der Waals surface area contributed by atoms with Crippen molar-refractivity contribution in [3.05, 3.63) is 22.8 Å². The fourth-order valence-electron chi connectivity index (χ4n) is 3.15. The third kappa shape index (κ3) is 2.07. The van der Waals surface area contributed by atoms with Crippen molar-refractivity contribution in [3.8, 4) is 11.5 Å². The van der Waals surface area contributed by atoms with E-state index in [0.29, 0.717) is 11.7 Å². The summed E-state index contributed by atoms with van der Waals surface area (Å²) in [5, 5.41) is 13.8. The number of fused-ring (bicyclic) bond motifs is 1. The Kier molecular flexibility index (Phi) is 3.16. The van der Waals surface area contributed by atoms with E-state index in [0.717, 1.165) is 49.4 Å². The molecule has 1 unspecified atom stereocenters. The summed E-state index contributed by atoms with van der Waals surface area (Å²) in [7, 11) is 0. The molecule has 1 fully saturated rings. The number of benzene rings is 1. The van der Waals surface area contributed by atoms with E-state index in [4.69, 9.17) is 4.74 Å². The van der Waals surface area contributed by atoms with Gasteiger partial charge in [-0.1, -0.05) is 0 Å². The SMILES string of the molecule is Cc1cc2c(c(CC3CCCNC3)c1O)CCO2. The topological polar surface area (TPSA) is 41.5 Å². The highest BCUT2D eigenvalue weighted by atomic mass is 16.5. The van der Waals surface area contributed by atoms with Gasteiger partial charge in [-0.15, -0.1) is 0 Å². The van der Waals surface area contributed by atoms with Crippen LogP contribution in [0.2, 0.25) is 0 Å². The van der Waals surface area contributed by atoms with Gasteiger partial charge in [0.2, 0.25) is 0 Å².